The van der Waals surface area contributed by atoms with E-state index in [9.17, 15) is 10.1 Å². The van der Waals surface area contributed by atoms with Gasteiger partial charge in [0.1, 0.15) is 12.9 Å². The number of cyclic esters (lactones) is 1. The van der Waals surface area contributed by atoms with Crippen LogP contribution in [0.3, 0.4) is 0 Å². The van der Waals surface area contributed by atoms with Gasteiger partial charge in [0, 0.05) is 23.5 Å². The first kappa shape index (κ1) is 18.2. The van der Waals surface area contributed by atoms with E-state index in [0.717, 1.165) is 35.3 Å². The number of benzene rings is 1. The van der Waals surface area contributed by atoms with Gasteiger partial charge >= 0.3 is 6.09 Å². The molecule has 2 aromatic heterocycles. The summed E-state index contributed by atoms with van der Waals surface area (Å²) in [7, 11) is 0. The lowest BCUT2D eigenvalue weighted by Gasteiger charge is -2.14. The molecule has 1 aromatic carbocycles. The number of rotatable bonds is 6. The first-order chi connectivity index (χ1) is 14.7. The fourth-order valence-corrected chi connectivity index (χ4v) is 3.51. The largest absolute Gasteiger partial charge is 0.471 e. The maximum absolute atomic E-state index is 12.2. The highest BCUT2D eigenvalue weighted by atomic mass is 16.6. The number of carbonyl (C=O) groups excluding carboxylic acids is 1. The molecule has 2 fully saturated rings. The molecule has 8 heteroatoms. The summed E-state index contributed by atoms with van der Waals surface area (Å²) in [6, 6.07) is 15.5. The van der Waals surface area contributed by atoms with Crippen molar-refractivity contribution in [1.29, 1.82) is 5.26 Å². The number of anilines is 1. The highest BCUT2D eigenvalue weighted by Crippen LogP contribution is 2.46. The average molecular weight is 402 g/mol. The number of nitrogens with zero attached hydrogens (tertiary/aromatic N) is 4. The van der Waals surface area contributed by atoms with Crippen LogP contribution in [0.1, 0.15) is 18.5 Å². The number of amides is 1. The van der Waals surface area contributed by atoms with Crippen molar-refractivity contribution >= 4 is 11.8 Å². The first-order valence-electron chi connectivity index (χ1n) is 9.66. The molecule has 5 rings (SSSR count). The summed E-state index contributed by atoms with van der Waals surface area (Å²) < 4.78 is 15.5. The fraction of sp³-hybridized carbons (Fsp3) is 0.273. The maximum atomic E-state index is 12.2. The van der Waals surface area contributed by atoms with Gasteiger partial charge in [-0.15, -0.1) is 0 Å². The van der Waals surface area contributed by atoms with Crippen LogP contribution in [-0.4, -0.2) is 35.5 Å². The second-order valence-electron chi connectivity index (χ2n) is 7.44. The summed E-state index contributed by atoms with van der Waals surface area (Å²) in [6.45, 7) is 0.595. The standard InChI is InChI=1S/C22H18N4O4/c23-14-22(8-9-22)19-6-3-16(11-24-19)15-1-4-17(5-2-15)26-12-18(30-21(26)27)13-28-20-7-10-29-25-20/h1-7,10-11,18H,8-9,12-13H2. The molecular weight excluding hydrogens is 384 g/mol. The lowest BCUT2D eigenvalue weighted by atomic mass is 10.0. The van der Waals surface area contributed by atoms with Gasteiger partial charge in [0.15, 0.2) is 6.10 Å². The van der Waals surface area contributed by atoms with Crippen molar-refractivity contribution in [2.75, 3.05) is 18.1 Å². The summed E-state index contributed by atoms with van der Waals surface area (Å²) >= 11 is 0. The number of ether oxygens (including phenoxy) is 2. The topological polar surface area (TPSA) is 101 Å². The number of nitriles is 1. The zero-order chi connectivity index (χ0) is 20.6. The van der Waals surface area contributed by atoms with Gasteiger partial charge in [-0.3, -0.25) is 9.88 Å². The minimum Gasteiger partial charge on any atom is -0.471 e. The molecule has 1 aliphatic carbocycles. The highest BCUT2D eigenvalue weighted by molar-refractivity contribution is 5.90. The molecular formula is C22H18N4O4. The Morgan fingerprint density at radius 3 is 2.60 bits per heavy atom. The smallest absolute Gasteiger partial charge is 0.414 e. The first-order valence-corrected chi connectivity index (χ1v) is 9.66. The van der Waals surface area contributed by atoms with Crippen molar-refractivity contribution in [3.05, 3.63) is 60.6 Å². The molecule has 1 atom stereocenters. The van der Waals surface area contributed by atoms with Gasteiger partial charge in [0.05, 0.1) is 23.7 Å². The van der Waals surface area contributed by atoms with E-state index in [1.807, 2.05) is 36.4 Å². The molecule has 0 radical (unpaired) electrons. The van der Waals surface area contributed by atoms with Crippen LogP contribution in [0.2, 0.25) is 0 Å². The number of hydrogen-bond donors (Lipinski definition) is 0. The Balaban J connectivity index is 1.25. The number of carbonyl (C=O) groups is 1. The number of hydrogen-bond acceptors (Lipinski definition) is 7. The Morgan fingerprint density at radius 2 is 1.97 bits per heavy atom. The van der Waals surface area contributed by atoms with Crippen LogP contribution in [0.4, 0.5) is 10.5 Å². The van der Waals surface area contributed by atoms with Crippen molar-refractivity contribution in [3.8, 4) is 23.1 Å². The summed E-state index contributed by atoms with van der Waals surface area (Å²) in [4.78, 5) is 18.3. The van der Waals surface area contributed by atoms with Crippen molar-refractivity contribution in [1.82, 2.24) is 10.1 Å². The fourth-order valence-electron chi connectivity index (χ4n) is 3.51. The van der Waals surface area contributed by atoms with Crippen molar-refractivity contribution < 1.29 is 18.8 Å². The highest BCUT2D eigenvalue weighted by Gasteiger charge is 2.46. The monoisotopic (exact) mass is 402 g/mol. The van der Waals surface area contributed by atoms with E-state index in [1.54, 1.807) is 17.2 Å². The average Bonchev–Trinajstić information content (AvgIpc) is 3.23. The van der Waals surface area contributed by atoms with Crippen molar-refractivity contribution in [2.24, 2.45) is 0 Å². The zero-order valence-corrected chi connectivity index (χ0v) is 16.0. The third kappa shape index (κ3) is 3.35. The van der Waals surface area contributed by atoms with Crippen LogP contribution >= 0.6 is 0 Å². The molecule has 150 valence electrons. The predicted octanol–water partition coefficient (Wildman–Crippen LogP) is 3.70. The second-order valence-corrected chi connectivity index (χ2v) is 7.44. The quantitative estimate of drug-likeness (QED) is 0.619. The molecule has 30 heavy (non-hydrogen) atoms. The van der Waals surface area contributed by atoms with Gasteiger partial charge in [0.2, 0.25) is 0 Å². The van der Waals surface area contributed by atoms with E-state index in [4.69, 9.17) is 14.0 Å². The number of aromatic nitrogens is 2. The minimum absolute atomic E-state index is 0.203. The molecule has 1 saturated carbocycles. The Kier molecular flexibility index (Phi) is 4.36. The van der Waals surface area contributed by atoms with Crippen LogP contribution in [-0.2, 0) is 10.2 Å². The molecule has 0 bridgehead atoms. The van der Waals surface area contributed by atoms with Gasteiger partial charge in [-0.1, -0.05) is 18.2 Å². The van der Waals surface area contributed by atoms with Crippen molar-refractivity contribution in [2.45, 2.75) is 24.4 Å². The Morgan fingerprint density at radius 1 is 1.17 bits per heavy atom. The van der Waals surface area contributed by atoms with Crippen LogP contribution in [0, 0.1) is 11.3 Å². The second kappa shape index (κ2) is 7.19. The minimum atomic E-state index is -0.409. The van der Waals surface area contributed by atoms with Crippen LogP contribution < -0.4 is 9.64 Å². The van der Waals surface area contributed by atoms with E-state index >= 15 is 0 Å². The molecule has 1 saturated heterocycles. The van der Waals surface area contributed by atoms with Gasteiger partial charge in [-0.05, 0) is 41.8 Å². The molecule has 0 N–H and O–H groups in total. The third-order valence-electron chi connectivity index (χ3n) is 5.44. The lowest BCUT2D eigenvalue weighted by Crippen LogP contribution is -2.26. The molecule has 1 amide bonds. The van der Waals surface area contributed by atoms with E-state index in [2.05, 4.69) is 16.2 Å². The van der Waals surface area contributed by atoms with E-state index < -0.39 is 6.09 Å². The molecule has 1 aliphatic heterocycles. The normalized spacial score (nSPS) is 19.2. The van der Waals surface area contributed by atoms with Gasteiger partial charge < -0.3 is 14.0 Å². The third-order valence-corrected chi connectivity index (χ3v) is 5.44. The Labute approximate surface area is 172 Å². The lowest BCUT2D eigenvalue weighted by molar-refractivity contribution is 0.102. The Bertz CT molecular complexity index is 1080. The SMILES string of the molecule is N#CC1(c2ccc(-c3ccc(N4CC(COc5ccon5)OC4=O)cc3)cn2)CC1. The Hall–Kier alpha value is -3.86. The van der Waals surface area contributed by atoms with Crippen LogP contribution in [0.15, 0.2) is 59.4 Å². The summed E-state index contributed by atoms with van der Waals surface area (Å²) in [5.41, 5.74) is 3.15. The van der Waals surface area contributed by atoms with Gasteiger partial charge in [-0.2, -0.15) is 5.26 Å². The molecule has 3 heterocycles. The van der Waals surface area contributed by atoms with Gasteiger partial charge in [-0.25, -0.2) is 4.79 Å². The molecule has 0 spiro atoms. The molecule has 1 unspecified atom stereocenters. The maximum Gasteiger partial charge on any atom is 0.414 e. The molecule has 3 aromatic rings. The van der Waals surface area contributed by atoms with E-state index in [-0.39, 0.29) is 18.1 Å². The van der Waals surface area contributed by atoms with Crippen LogP contribution in [0.25, 0.3) is 11.1 Å². The summed E-state index contributed by atoms with van der Waals surface area (Å²) in [5, 5.41) is 13.0. The predicted molar refractivity (Wildman–Crippen MR) is 106 cm³/mol. The molecule has 8 nitrogen and oxygen atoms in total. The summed E-state index contributed by atoms with van der Waals surface area (Å²) in [5.74, 6) is 0.357. The zero-order valence-electron chi connectivity index (χ0n) is 16.0. The van der Waals surface area contributed by atoms with E-state index in [0.29, 0.717) is 12.4 Å². The van der Waals surface area contributed by atoms with Crippen LogP contribution in [0.5, 0.6) is 5.88 Å². The van der Waals surface area contributed by atoms with E-state index in [1.165, 1.54) is 6.26 Å². The molecule has 2 aliphatic rings. The number of pyridine rings is 1. The van der Waals surface area contributed by atoms with Crippen molar-refractivity contribution in [3.63, 3.8) is 0 Å². The summed E-state index contributed by atoms with van der Waals surface area (Å²) in [6.07, 6.45) is 4.17. The van der Waals surface area contributed by atoms with Gasteiger partial charge in [0.25, 0.3) is 5.88 Å².